The first-order valence-electron chi connectivity index (χ1n) is 13.2. The summed E-state index contributed by atoms with van der Waals surface area (Å²) in [4.78, 5) is 44.1. The summed E-state index contributed by atoms with van der Waals surface area (Å²) in [5, 5.41) is 12.5. The number of halogens is 1. The number of methoxy groups -OCH3 is 1. The Morgan fingerprint density at radius 3 is 2.88 bits per heavy atom. The van der Waals surface area contributed by atoms with Crippen molar-refractivity contribution in [2.24, 2.45) is 5.92 Å². The molecule has 1 aliphatic heterocycles. The second-order valence-electron chi connectivity index (χ2n) is 10.2. The Kier molecular flexibility index (Phi) is 6.97. The molecule has 0 spiro atoms. The van der Waals surface area contributed by atoms with Crippen LogP contribution in [-0.2, 0) is 16.1 Å². The lowest BCUT2D eigenvalue weighted by Gasteiger charge is -2.27. The van der Waals surface area contributed by atoms with Crippen molar-refractivity contribution < 1.29 is 19.1 Å². The fourth-order valence-electron chi connectivity index (χ4n) is 5.62. The topological polar surface area (TPSA) is 124 Å². The molecular weight excluding hydrogens is 534 g/mol. The molecule has 1 saturated heterocycles. The maximum Gasteiger partial charge on any atom is 0.261 e. The van der Waals surface area contributed by atoms with E-state index in [9.17, 15) is 14.4 Å². The van der Waals surface area contributed by atoms with Crippen molar-refractivity contribution in [2.45, 2.75) is 44.7 Å². The van der Waals surface area contributed by atoms with Gasteiger partial charge in [-0.3, -0.25) is 19.1 Å². The van der Waals surface area contributed by atoms with Crippen LogP contribution in [0.25, 0.3) is 16.9 Å². The smallest absolute Gasteiger partial charge is 0.261 e. The van der Waals surface area contributed by atoms with Crippen LogP contribution in [-0.4, -0.2) is 66.6 Å². The Labute approximate surface area is 235 Å². The van der Waals surface area contributed by atoms with Gasteiger partial charge in [0.25, 0.3) is 5.91 Å². The third-order valence-corrected chi connectivity index (χ3v) is 7.84. The number of ketones is 1. The quantitative estimate of drug-likeness (QED) is 0.346. The van der Waals surface area contributed by atoms with Crippen LogP contribution in [0.2, 0.25) is 5.02 Å². The average Bonchev–Trinajstić information content (AvgIpc) is 3.73. The van der Waals surface area contributed by atoms with Gasteiger partial charge in [-0.05, 0) is 43.0 Å². The fourth-order valence-corrected chi connectivity index (χ4v) is 5.79. The molecular formula is C28H28ClN7O4. The Balaban J connectivity index is 1.32. The number of nitrogens with one attached hydrogen (secondary N) is 1. The van der Waals surface area contributed by atoms with Crippen LogP contribution in [0.5, 0.6) is 5.75 Å². The third kappa shape index (κ3) is 5.04. The number of hydrogen-bond acceptors (Lipinski definition) is 7. The molecule has 1 aromatic carbocycles. The lowest BCUT2D eigenvalue weighted by Crippen LogP contribution is -2.39. The monoisotopic (exact) mass is 561 g/mol. The highest BCUT2D eigenvalue weighted by molar-refractivity contribution is 6.31. The first-order chi connectivity index (χ1) is 19.4. The van der Waals surface area contributed by atoms with E-state index in [1.54, 1.807) is 54.6 Å². The van der Waals surface area contributed by atoms with Crippen LogP contribution in [0.4, 0.5) is 5.69 Å². The number of benzene rings is 1. The first kappa shape index (κ1) is 26.0. The summed E-state index contributed by atoms with van der Waals surface area (Å²) >= 11 is 6.33. The number of aromatic nitrogens is 5. The molecule has 0 bridgehead atoms. The van der Waals surface area contributed by atoms with Gasteiger partial charge in [-0.2, -0.15) is 10.2 Å². The van der Waals surface area contributed by atoms with Crippen LogP contribution in [0, 0.1) is 5.92 Å². The molecule has 1 N–H and O–H groups in total. The number of carbonyl (C=O) groups is 3. The molecule has 2 atom stereocenters. The molecule has 12 heteroatoms. The van der Waals surface area contributed by atoms with Crippen molar-refractivity contribution in [3.63, 3.8) is 0 Å². The van der Waals surface area contributed by atoms with Gasteiger partial charge in [0.15, 0.2) is 5.65 Å². The lowest BCUT2D eigenvalue weighted by molar-refractivity contribution is -0.130. The molecule has 40 heavy (non-hydrogen) atoms. The maximum atomic E-state index is 13.4. The maximum absolute atomic E-state index is 13.4. The van der Waals surface area contributed by atoms with Crippen molar-refractivity contribution in [3.8, 4) is 17.0 Å². The Morgan fingerprint density at radius 1 is 1.20 bits per heavy atom. The minimum absolute atomic E-state index is 0.0652. The molecule has 2 unspecified atom stereocenters. The van der Waals surface area contributed by atoms with Gasteiger partial charge in [0.1, 0.15) is 22.8 Å². The Morgan fingerprint density at radius 2 is 2.08 bits per heavy atom. The molecule has 4 aromatic rings. The standard InChI is InChI=1S/C28H28ClN7O4/c1-40-24-7-4-18(29)12-21(24)26-23(32-28(39)22-13-31-36-10-2-9-30-27(22)36)16-34(33-26)15-19-5-8-25(38)35(19)14-17-3-6-20(37)11-17/h2,4,7,9-10,12-13,16-17,19H,3,5-6,8,11,14-15H2,1H3,(H,32,39). The van der Waals surface area contributed by atoms with E-state index in [2.05, 4.69) is 15.4 Å². The molecule has 3 aromatic heterocycles. The van der Waals surface area contributed by atoms with Gasteiger partial charge in [0, 0.05) is 55.0 Å². The van der Waals surface area contributed by atoms with Crippen molar-refractivity contribution in [1.82, 2.24) is 29.3 Å². The minimum atomic E-state index is -0.390. The predicted octanol–water partition coefficient (Wildman–Crippen LogP) is 3.87. The number of amides is 2. The second-order valence-corrected chi connectivity index (χ2v) is 10.7. The second kappa shape index (κ2) is 10.7. The largest absolute Gasteiger partial charge is 0.496 e. The van der Waals surface area contributed by atoms with Gasteiger partial charge in [0.2, 0.25) is 5.91 Å². The zero-order chi connectivity index (χ0) is 27.8. The Hall–Kier alpha value is -4.25. The van der Waals surface area contributed by atoms with Crippen LogP contribution < -0.4 is 10.1 Å². The van der Waals surface area contributed by atoms with E-state index >= 15 is 0 Å². The number of likely N-dealkylation sites (tertiary alicyclic amines) is 1. The highest BCUT2D eigenvalue weighted by atomic mass is 35.5. The molecule has 4 heterocycles. The van der Waals surface area contributed by atoms with E-state index in [1.807, 2.05) is 4.90 Å². The summed E-state index contributed by atoms with van der Waals surface area (Å²) in [6.45, 7) is 1.02. The van der Waals surface area contributed by atoms with E-state index < -0.39 is 0 Å². The molecule has 0 radical (unpaired) electrons. The fraction of sp³-hybridized carbons (Fsp3) is 0.357. The van der Waals surface area contributed by atoms with Crippen LogP contribution in [0.15, 0.2) is 49.1 Å². The van der Waals surface area contributed by atoms with Gasteiger partial charge in [0.05, 0.1) is 31.6 Å². The van der Waals surface area contributed by atoms with E-state index in [0.717, 1.165) is 6.42 Å². The lowest BCUT2D eigenvalue weighted by atomic mass is 10.1. The summed E-state index contributed by atoms with van der Waals surface area (Å²) < 4.78 is 8.85. The summed E-state index contributed by atoms with van der Waals surface area (Å²) in [5.74, 6) is 0.727. The molecule has 6 rings (SSSR count). The number of fused-ring (bicyclic) bond motifs is 1. The van der Waals surface area contributed by atoms with E-state index in [-0.39, 0.29) is 29.6 Å². The van der Waals surface area contributed by atoms with Gasteiger partial charge in [-0.15, -0.1) is 0 Å². The van der Waals surface area contributed by atoms with Gasteiger partial charge in [-0.1, -0.05) is 11.6 Å². The van der Waals surface area contributed by atoms with E-state index in [1.165, 1.54) is 10.7 Å². The number of anilines is 1. The summed E-state index contributed by atoms with van der Waals surface area (Å²) in [6, 6.07) is 6.88. The van der Waals surface area contributed by atoms with Crippen molar-refractivity contribution >= 4 is 40.5 Å². The number of ether oxygens (including phenoxy) is 1. The number of Topliss-reactive ketones (excluding diaryl/α,β-unsaturated/α-hetero) is 1. The summed E-state index contributed by atoms with van der Waals surface area (Å²) in [6.07, 6.45) is 9.66. The number of carbonyl (C=O) groups excluding carboxylic acids is 3. The van der Waals surface area contributed by atoms with Crippen LogP contribution in [0.3, 0.4) is 0 Å². The molecule has 206 valence electrons. The third-order valence-electron chi connectivity index (χ3n) is 7.60. The van der Waals surface area contributed by atoms with E-state index in [4.69, 9.17) is 21.4 Å². The van der Waals surface area contributed by atoms with Crippen molar-refractivity contribution in [3.05, 3.63) is 59.6 Å². The highest BCUT2D eigenvalue weighted by Crippen LogP contribution is 2.37. The Bertz CT molecular complexity index is 1610. The SMILES string of the molecule is COc1ccc(Cl)cc1-c1nn(CC2CCC(=O)N2CC2CCC(=O)C2)cc1NC(=O)c1cnn2cccnc12. The average molecular weight is 562 g/mol. The van der Waals surface area contributed by atoms with Gasteiger partial charge >= 0.3 is 0 Å². The number of hydrogen-bond donors (Lipinski definition) is 1. The number of nitrogens with zero attached hydrogens (tertiary/aromatic N) is 6. The van der Waals surface area contributed by atoms with Crippen LogP contribution in [0.1, 0.15) is 42.5 Å². The molecule has 2 fully saturated rings. The predicted molar refractivity (Wildman–Crippen MR) is 147 cm³/mol. The number of rotatable bonds is 8. The minimum Gasteiger partial charge on any atom is -0.496 e. The van der Waals surface area contributed by atoms with Crippen LogP contribution >= 0.6 is 11.6 Å². The van der Waals surface area contributed by atoms with Crippen molar-refractivity contribution in [1.29, 1.82) is 0 Å². The van der Waals surface area contributed by atoms with E-state index in [0.29, 0.717) is 77.7 Å². The highest BCUT2D eigenvalue weighted by Gasteiger charge is 2.35. The molecule has 2 amide bonds. The normalized spacial score (nSPS) is 19.1. The molecule has 1 aliphatic carbocycles. The summed E-state index contributed by atoms with van der Waals surface area (Å²) in [7, 11) is 1.56. The zero-order valence-electron chi connectivity index (χ0n) is 21.9. The first-order valence-corrected chi connectivity index (χ1v) is 13.6. The zero-order valence-corrected chi connectivity index (χ0v) is 22.7. The molecule has 1 saturated carbocycles. The van der Waals surface area contributed by atoms with Gasteiger partial charge < -0.3 is 15.0 Å². The molecule has 11 nitrogen and oxygen atoms in total. The summed E-state index contributed by atoms with van der Waals surface area (Å²) in [5.41, 5.74) is 2.30. The van der Waals surface area contributed by atoms with Gasteiger partial charge in [-0.25, -0.2) is 9.50 Å². The van der Waals surface area contributed by atoms with Crippen molar-refractivity contribution in [2.75, 3.05) is 19.0 Å². The molecule has 2 aliphatic rings.